The summed E-state index contributed by atoms with van der Waals surface area (Å²) in [6.07, 6.45) is 16.3. The van der Waals surface area contributed by atoms with Gasteiger partial charge in [-0.1, -0.05) is 97.8 Å². The van der Waals surface area contributed by atoms with E-state index in [9.17, 15) is 14.4 Å². The summed E-state index contributed by atoms with van der Waals surface area (Å²) in [5, 5.41) is 0. The standard InChI is InChI=1S/C55H72N4O5/c1-13-39-35(8)42-28-44-37(10)41(24-25-48(60)64-27-26-34(7)23-17-22-33(6)21-16-20-32(5)19-15-18-31(3)4)52(58-44)50-51(55(62)63-12)54(61)49-38(11)45(59-53(49)50)30-47-40(14-2)36(9)43(57-47)29-46(39)56-42/h13,26,28-33,51,56,59H,1,14-25,27H2,2-12H3/b34-26+,42-28?,43-29?,44-28?,45-30?,46-29?,47-30?,52-50?. The zero-order chi connectivity index (χ0) is 46.4. The van der Waals surface area contributed by atoms with Gasteiger partial charge in [0.15, 0.2) is 5.78 Å². The molecule has 3 aliphatic rings. The molecule has 0 radical (unpaired) electrons. The lowest BCUT2D eigenvalue weighted by atomic mass is 9.91. The number of aromatic nitrogens is 4. The second-order valence-corrected chi connectivity index (χ2v) is 19.2. The summed E-state index contributed by atoms with van der Waals surface area (Å²) in [6, 6.07) is 6.06. The van der Waals surface area contributed by atoms with Crippen molar-refractivity contribution < 1.29 is 23.9 Å². The summed E-state index contributed by atoms with van der Waals surface area (Å²) in [6.45, 7) is 26.0. The van der Waals surface area contributed by atoms with Crippen molar-refractivity contribution in [1.29, 1.82) is 0 Å². The minimum atomic E-state index is -1.21. The van der Waals surface area contributed by atoms with Gasteiger partial charge in [0.25, 0.3) is 0 Å². The number of hydrogen-bond acceptors (Lipinski definition) is 7. The van der Waals surface area contributed by atoms with Gasteiger partial charge in [-0.3, -0.25) is 14.4 Å². The minimum absolute atomic E-state index is 0.102. The molecule has 5 heterocycles. The van der Waals surface area contributed by atoms with Crippen LogP contribution in [-0.2, 0) is 19.1 Å². The summed E-state index contributed by atoms with van der Waals surface area (Å²) in [5.41, 5.74) is 14.5. The van der Waals surface area contributed by atoms with Crippen molar-refractivity contribution in [2.45, 2.75) is 152 Å². The predicted octanol–water partition coefficient (Wildman–Crippen LogP) is 14.0. The maximum absolute atomic E-state index is 14.4. The first-order valence-corrected chi connectivity index (χ1v) is 23.8. The van der Waals surface area contributed by atoms with Crippen LogP contribution in [0.25, 0.3) is 50.4 Å². The number of methoxy groups -OCH3 is 1. The van der Waals surface area contributed by atoms with Crippen molar-refractivity contribution >= 4 is 68.2 Å². The van der Waals surface area contributed by atoms with Crippen molar-refractivity contribution in [2.75, 3.05) is 13.7 Å². The smallest absolute Gasteiger partial charge is 0.321 e. The van der Waals surface area contributed by atoms with Crippen LogP contribution < -0.4 is 0 Å². The van der Waals surface area contributed by atoms with Gasteiger partial charge in [-0.15, -0.1) is 0 Å². The Hall–Kier alpha value is -5.31. The maximum Gasteiger partial charge on any atom is 0.321 e. The first-order chi connectivity index (χ1) is 30.6. The number of esters is 2. The van der Waals surface area contributed by atoms with Gasteiger partial charge in [0.05, 0.1) is 35.4 Å². The molecule has 2 N–H and O–H groups in total. The number of rotatable bonds is 20. The number of nitrogens with zero attached hydrogens (tertiary/aromatic N) is 2. The van der Waals surface area contributed by atoms with Gasteiger partial charge < -0.3 is 19.4 Å². The van der Waals surface area contributed by atoms with E-state index in [0.29, 0.717) is 40.4 Å². The van der Waals surface area contributed by atoms with Crippen molar-refractivity contribution in [2.24, 2.45) is 17.8 Å². The molecule has 3 aromatic rings. The van der Waals surface area contributed by atoms with Crippen molar-refractivity contribution in [3.63, 3.8) is 0 Å². The third-order valence-electron chi connectivity index (χ3n) is 14.0. The molecule has 0 saturated heterocycles. The SMILES string of the molecule is C=Cc1c(C)c2cc3nc(c4c5[nH]c(cc6nc(cc1[nH]2)C(C)=C6CC)c(C)c5C(=O)C4C(=O)OC)C(CCC(=O)OC/C=C(\C)CCCC(C)CCCC(C)CCCC(C)C)=C3C. The molecule has 6 rings (SSSR count). The zero-order valence-corrected chi connectivity index (χ0v) is 40.5. The first-order valence-electron chi connectivity index (χ1n) is 23.8. The molecular weight excluding hydrogens is 797 g/mol. The molecular formula is C55H72N4O5. The number of aryl methyl sites for hydroxylation is 2. The first kappa shape index (κ1) is 48.2. The van der Waals surface area contributed by atoms with Crippen molar-refractivity contribution in [3.05, 3.63) is 87.0 Å². The molecule has 8 bridgehead atoms. The Morgan fingerprint density at radius 3 is 2.06 bits per heavy atom. The molecule has 0 amide bonds. The second-order valence-electron chi connectivity index (χ2n) is 19.2. The largest absolute Gasteiger partial charge is 0.468 e. The van der Waals surface area contributed by atoms with E-state index < -0.39 is 11.9 Å². The number of hydrogen-bond donors (Lipinski definition) is 2. The van der Waals surface area contributed by atoms with E-state index in [0.717, 1.165) is 98.0 Å². The summed E-state index contributed by atoms with van der Waals surface area (Å²) in [7, 11) is 1.30. The fourth-order valence-electron chi connectivity index (χ4n) is 9.86. The number of carbonyl (C=O) groups excluding carboxylic acids is 3. The Morgan fingerprint density at radius 2 is 1.41 bits per heavy atom. The highest BCUT2D eigenvalue weighted by Crippen LogP contribution is 2.45. The molecule has 3 atom stereocenters. The molecule has 64 heavy (non-hydrogen) atoms. The van der Waals surface area contributed by atoms with Crippen LogP contribution in [0.3, 0.4) is 0 Å². The van der Waals surface area contributed by atoms with Crippen LogP contribution in [0, 0.1) is 31.6 Å². The molecule has 342 valence electrons. The molecule has 0 saturated carbocycles. The Morgan fingerprint density at radius 1 is 0.797 bits per heavy atom. The van der Waals surface area contributed by atoms with Crippen LogP contribution in [0.5, 0.6) is 0 Å². The van der Waals surface area contributed by atoms with Crippen LogP contribution >= 0.6 is 0 Å². The minimum Gasteiger partial charge on any atom is -0.468 e. The number of H-pyrrole nitrogens is 2. The topological polar surface area (TPSA) is 127 Å². The number of ketones is 1. The molecule has 0 aromatic carbocycles. The fraction of sp³-hybridized carbons (Fsp3) is 0.509. The van der Waals surface area contributed by atoms with Gasteiger partial charge in [-0.05, 0) is 136 Å². The second kappa shape index (κ2) is 21.1. The molecule has 9 heteroatoms. The molecule has 9 nitrogen and oxygen atoms in total. The van der Waals surface area contributed by atoms with Crippen LogP contribution in [0.1, 0.15) is 194 Å². The van der Waals surface area contributed by atoms with Crippen LogP contribution in [0.4, 0.5) is 0 Å². The number of aromatic amines is 2. The van der Waals surface area contributed by atoms with Crippen LogP contribution in [0.2, 0.25) is 0 Å². The third kappa shape index (κ3) is 10.5. The van der Waals surface area contributed by atoms with E-state index in [1.807, 2.05) is 45.1 Å². The summed E-state index contributed by atoms with van der Waals surface area (Å²) >= 11 is 0. The van der Waals surface area contributed by atoms with E-state index >= 15 is 0 Å². The maximum atomic E-state index is 14.4. The van der Waals surface area contributed by atoms with Gasteiger partial charge in [-0.25, -0.2) is 9.97 Å². The quantitative estimate of drug-likeness (QED) is 0.0657. The Balaban J connectivity index is 1.25. The number of nitrogens with one attached hydrogen (secondary N) is 2. The lowest BCUT2D eigenvalue weighted by Crippen LogP contribution is -2.20. The van der Waals surface area contributed by atoms with E-state index in [1.54, 1.807) is 0 Å². The average molecular weight is 869 g/mol. The highest BCUT2D eigenvalue weighted by atomic mass is 16.5. The van der Waals surface area contributed by atoms with Crippen LogP contribution in [0.15, 0.2) is 36.4 Å². The van der Waals surface area contributed by atoms with E-state index in [1.165, 1.54) is 57.6 Å². The van der Waals surface area contributed by atoms with Gasteiger partial charge in [0.1, 0.15) is 12.5 Å². The molecule has 0 spiro atoms. The van der Waals surface area contributed by atoms with Crippen molar-refractivity contribution in [1.82, 2.24) is 19.9 Å². The zero-order valence-electron chi connectivity index (χ0n) is 40.5. The normalized spacial score (nSPS) is 16.0. The number of Topliss-reactive ketones (excluding diaryl/α,β-unsaturated/α-hetero) is 1. The van der Waals surface area contributed by atoms with E-state index in [-0.39, 0.29) is 24.8 Å². The molecule has 2 aliphatic heterocycles. The van der Waals surface area contributed by atoms with Gasteiger partial charge in [0, 0.05) is 39.7 Å². The Bertz CT molecular complexity index is 2560. The Kier molecular flexibility index (Phi) is 15.9. The molecule has 1 aliphatic carbocycles. The predicted molar refractivity (Wildman–Crippen MR) is 264 cm³/mol. The van der Waals surface area contributed by atoms with Gasteiger partial charge in [0.2, 0.25) is 0 Å². The summed E-state index contributed by atoms with van der Waals surface area (Å²) in [4.78, 5) is 58.8. The number of carbonyl (C=O) groups is 3. The summed E-state index contributed by atoms with van der Waals surface area (Å²) < 4.78 is 11.0. The van der Waals surface area contributed by atoms with Crippen LogP contribution in [-0.4, -0.2) is 51.4 Å². The lowest BCUT2D eigenvalue weighted by Gasteiger charge is -2.15. The number of fused-ring (bicyclic) bond motifs is 8. The fourth-order valence-corrected chi connectivity index (χ4v) is 9.86. The Labute approximate surface area is 381 Å². The molecule has 3 unspecified atom stereocenters. The van der Waals surface area contributed by atoms with E-state index in [2.05, 4.69) is 71.1 Å². The highest BCUT2D eigenvalue weighted by Gasteiger charge is 2.43. The average Bonchev–Trinajstić information content (AvgIpc) is 3.99. The lowest BCUT2D eigenvalue weighted by molar-refractivity contribution is -0.142. The monoisotopic (exact) mass is 869 g/mol. The number of allylic oxidation sites excluding steroid dienone is 5. The van der Waals surface area contributed by atoms with Gasteiger partial charge in [-0.2, -0.15) is 0 Å². The highest BCUT2D eigenvalue weighted by molar-refractivity contribution is 6.24. The third-order valence-corrected chi connectivity index (χ3v) is 14.0. The molecule has 0 fully saturated rings. The molecule has 3 aromatic heterocycles. The van der Waals surface area contributed by atoms with E-state index in [4.69, 9.17) is 19.4 Å². The summed E-state index contributed by atoms with van der Waals surface area (Å²) in [5.74, 6) is -0.206. The van der Waals surface area contributed by atoms with Crippen molar-refractivity contribution in [3.8, 4) is 0 Å². The number of ether oxygens (including phenoxy) is 2. The van der Waals surface area contributed by atoms with Gasteiger partial charge >= 0.3 is 11.9 Å².